The highest BCUT2D eigenvalue weighted by Gasteiger charge is 2.34. The van der Waals surface area contributed by atoms with Crippen LogP contribution in [-0.2, 0) is 6.42 Å². The zero-order chi connectivity index (χ0) is 30.4. The molecule has 220 valence electrons. The molecule has 1 atom stereocenters. The molecule has 0 saturated carbocycles. The van der Waals surface area contributed by atoms with Crippen molar-refractivity contribution >= 4 is 22.9 Å². The lowest BCUT2D eigenvalue weighted by Gasteiger charge is -2.17. The first kappa shape index (κ1) is 27.1. The number of alkyl halides is 3. The molecule has 1 aliphatic rings. The van der Waals surface area contributed by atoms with Gasteiger partial charge in [0.15, 0.2) is 17.3 Å². The standard InChI is InChI=1S/C30H22F3N9O2/c31-30(32,33)44-29-21(5-2-13-36-29)28(43)39-22-9-6-17-16-18(7-8-19(17)22)42-26(20-4-1-12-35-25(20)34)38-23-10-11-24(40-27(23)42)41-15-3-14-37-41/h1-5,7-8,10-16,22H,6,9H2,(H2,34,35)(H,39,43)/t22-/m0/s1. The highest BCUT2D eigenvalue weighted by molar-refractivity contribution is 5.96. The Morgan fingerprint density at radius 2 is 1.84 bits per heavy atom. The number of aryl methyl sites for hydroxylation is 1. The van der Waals surface area contributed by atoms with E-state index in [0.717, 1.165) is 23.0 Å². The number of nitrogen functional groups attached to an aromatic ring is 1. The lowest BCUT2D eigenvalue weighted by molar-refractivity contribution is -0.276. The average molecular weight is 598 g/mol. The second-order valence-corrected chi connectivity index (χ2v) is 10.0. The molecule has 5 aromatic heterocycles. The van der Waals surface area contributed by atoms with Gasteiger partial charge < -0.3 is 15.8 Å². The van der Waals surface area contributed by atoms with Crippen LogP contribution in [0.2, 0.25) is 0 Å². The van der Waals surface area contributed by atoms with E-state index >= 15 is 0 Å². The van der Waals surface area contributed by atoms with Crippen molar-refractivity contribution in [3.05, 3.63) is 102 Å². The minimum absolute atomic E-state index is 0.308. The Labute approximate surface area is 247 Å². The predicted octanol–water partition coefficient (Wildman–Crippen LogP) is 4.96. The summed E-state index contributed by atoms with van der Waals surface area (Å²) in [6.45, 7) is 0. The monoisotopic (exact) mass is 597 g/mol. The molecule has 3 N–H and O–H groups in total. The van der Waals surface area contributed by atoms with Gasteiger partial charge in [0.25, 0.3) is 5.91 Å². The minimum atomic E-state index is -4.98. The second kappa shape index (κ2) is 10.5. The summed E-state index contributed by atoms with van der Waals surface area (Å²) in [5.74, 6) is -0.0637. The number of fused-ring (bicyclic) bond motifs is 2. The van der Waals surface area contributed by atoms with Crippen molar-refractivity contribution in [1.29, 1.82) is 0 Å². The molecule has 1 aliphatic carbocycles. The van der Waals surface area contributed by atoms with E-state index < -0.39 is 24.2 Å². The van der Waals surface area contributed by atoms with Crippen molar-refractivity contribution in [2.45, 2.75) is 25.2 Å². The molecule has 5 heterocycles. The van der Waals surface area contributed by atoms with E-state index in [4.69, 9.17) is 15.7 Å². The van der Waals surface area contributed by atoms with Crippen LogP contribution in [0.5, 0.6) is 5.88 Å². The third kappa shape index (κ3) is 4.95. The average Bonchev–Trinajstić information content (AvgIpc) is 3.75. The highest BCUT2D eigenvalue weighted by Crippen LogP contribution is 2.36. The third-order valence-corrected chi connectivity index (χ3v) is 7.30. The number of anilines is 1. The number of pyridine rings is 3. The van der Waals surface area contributed by atoms with Crippen molar-refractivity contribution in [3.8, 4) is 28.8 Å². The summed E-state index contributed by atoms with van der Waals surface area (Å²) in [5.41, 5.74) is 10.4. The van der Waals surface area contributed by atoms with Gasteiger partial charge in [-0.2, -0.15) is 5.10 Å². The number of nitrogens with zero attached hydrogens (tertiary/aromatic N) is 7. The molecule has 1 amide bonds. The van der Waals surface area contributed by atoms with E-state index in [2.05, 4.69) is 25.1 Å². The summed E-state index contributed by atoms with van der Waals surface area (Å²) < 4.78 is 46.1. The Bertz CT molecular complexity index is 2020. The minimum Gasteiger partial charge on any atom is -0.387 e. The van der Waals surface area contributed by atoms with Gasteiger partial charge in [0, 0.05) is 30.5 Å². The largest absolute Gasteiger partial charge is 0.574 e. The molecule has 1 aromatic carbocycles. The number of aromatic nitrogens is 7. The molecule has 0 fully saturated rings. The number of nitrogens with one attached hydrogen (secondary N) is 1. The molecule has 0 unspecified atom stereocenters. The van der Waals surface area contributed by atoms with Gasteiger partial charge in [0.2, 0.25) is 5.88 Å². The number of carbonyl (C=O) groups excluding carboxylic acids is 1. The fraction of sp³-hybridized carbons (Fsp3) is 0.133. The lowest BCUT2D eigenvalue weighted by atomic mass is 10.1. The van der Waals surface area contributed by atoms with E-state index in [1.807, 2.05) is 41.0 Å². The molecule has 44 heavy (non-hydrogen) atoms. The number of amides is 1. The van der Waals surface area contributed by atoms with Crippen LogP contribution in [0.25, 0.3) is 34.1 Å². The van der Waals surface area contributed by atoms with Crippen LogP contribution in [0.3, 0.4) is 0 Å². The fourth-order valence-electron chi connectivity index (χ4n) is 5.39. The van der Waals surface area contributed by atoms with Crippen molar-refractivity contribution in [2.24, 2.45) is 0 Å². The van der Waals surface area contributed by atoms with Crippen molar-refractivity contribution in [1.82, 2.24) is 39.6 Å². The van der Waals surface area contributed by atoms with Gasteiger partial charge in [0.05, 0.1) is 11.6 Å². The van der Waals surface area contributed by atoms with Gasteiger partial charge in [-0.15, -0.1) is 13.2 Å². The maximum absolute atomic E-state index is 13.0. The lowest BCUT2D eigenvalue weighted by Crippen LogP contribution is -2.29. The number of nitrogens with two attached hydrogens (primary N) is 1. The molecular formula is C30H22F3N9O2. The number of hydrogen-bond acceptors (Lipinski definition) is 8. The van der Waals surface area contributed by atoms with Crippen LogP contribution in [0.4, 0.5) is 19.0 Å². The number of ether oxygens (including phenoxy) is 1. The van der Waals surface area contributed by atoms with Crippen LogP contribution in [-0.4, -0.2) is 46.6 Å². The predicted molar refractivity (Wildman–Crippen MR) is 153 cm³/mol. The third-order valence-electron chi connectivity index (χ3n) is 7.30. The molecule has 0 bridgehead atoms. The molecule has 0 aliphatic heterocycles. The van der Waals surface area contributed by atoms with E-state index in [1.54, 1.807) is 35.4 Å². The van der Waals surface area contributed by atoms with Crippen molar-refractivity contribution in [2.75, 3.05) is 5.73 Å². The number of carbonyl (C=O) groups is 1. The van der Waals surface area contributed by atoms with Crippen LogP contribution >= 0.6 is 0 Å². The maximum Gasteiger partial charge on any atom is 0.574 e. The summed E-state index contributed by atoms with van der Waals surface area (Å²) in [5, 5.41) is 7.13. The van der Waals surface area contributed by atoms with Gasteiger partial charge in [-0.05, 0) is 78.6 Å². The van der Waals surface area contributed by atoms with E-state index in [9.17, 15) is 18.0 Å². The summed E-state index contributed by atoms with van der Waals surface area (Å²) in [7, 11) is 0. The van der Waals surface area contributed by atoms with Gasteiger partial charge >= 0.3 is 6.36 Å². The summed E-state index contributed by atoms with van der Waals surface area (Å²) in [6.07, 6.45) is 2.38. The Balaban J connectivity index is 1.26. The molecule has 6 aromatic rings. The number of imidazole rings is 1. The van der Waals surface area contributed by atoms with Gasteiger partial charge in [-0.25, -0.2) is 24.6 Å². The first-order valence-corrected chi connectivity index (χ1v) is 13.5. The van der Waals surface area contributed by atoms with Crippen LogP contribution in [0.15, 0.2) is 85.5 Å². The van der Waals surface area contributed by atoms with Crippen LogP contribution < -0.4 is 15.8 Å². The van der Waals surface area contributed by atoms with Crippen molar-refractivity contribution < 1.29 is 22.7 Å². The molecule has 0 spiro atoms. The Hall–Kier alpha value is -5.79. The van der Waals surface area contributed by atoms with Gasteiger partial charge in [0.1, 0.15) is 16.9 Å². The van der Waals surface area contributed by atoms with E-state index in [-0.39, 0.29) is 5.56 Å². The summed E-state index contributed by atoms with van der Waals surface area (Å²) in [6, 6.07) is 17.1. The van der Waals surface area contributed by atoms with E-state index in [1.165, 1.54) is 12.1 Å². The SMILES string of the molecule is Nc1ncccc1-c1nc2ccc(-n3cccn3)nc2n1-c1ccc2c(c1)CC[C@@H]2NC(=O)c1cccnc1OC(F)(F)F. The molecule has 0 saturated heterocycles. The normalized spacial score (nSPS) is 14.5. The molecule has 0 radical (unpaired) electrons. The zero-order valence-electron chi connectivity index (χ0n) is 22.7. The molecular weight excluding hydrogens is 575 g/mol. The van der Waals surface area contributed by atoms with Crippen molar-refractivity contribution in [3.63, 3.8) is 0 Å². The highest BCUT2D eigenvalue weighted by atomic mass is 19.4. The van der Waals surface area contributed by atoms with Gasteiger partial charge in [-0.3, -0.25) is 9.36 Å². The Morgan fingerprint density at radius 3 is 2.64 bits per heavy atom. The number of benzene rings is 1. The fourth-order valence-corrected chi connectivity index (χ4v) is 5.39. The maximum atomic E-state index is 13.0. The first-order chi connectivity index (χ1) is 21.2. The number of halogens is 3. The van der Waals surface area contributed by atoms with Crippen LogP contribution in [0, 0.1) is 0 Å². The summed E-state index contributed by atoms with van der Waals surface area (Å²) >= 11 is 0. The Morgan fingerprint density at radius 1 is 1.00 bits per heavy atom. The molecule has 11 nitrogen and oxygen atoms in total. The van der Waals surface area contributed by atoms with E-state index in [0.29, 0.717) is 47.0 Å². The van der Waals surface area contributed by atoms with Gasteiger partial charge in [-0.1, -0.05) is 6.07 Å². The zero-order valence-corrected chi connectivity index (χ0v) is 22.7. The number of rotatable bonds is 6. The quantitative estimate of drug-likeness (QED) is 0.275. The summed E-state index contributed by atoms with van der Waals surface area (Å²) in [4.78, 5) is 30.6. The number of hydrogen-bond donors (Lipinski definition) is 2. The smallest absolute Gasteiger partial charge is 0.387 e. The van der Waals surface area contributed by atoms with Crippen LogP contribution in [0.1, 0.15) is 33.9 Å². The Kier molecular flexibility index (Phi) is 6.45. The molecule has 7 rings (SSSR count). The second-order valence-electron chi connectivity index (χ2n) is 10.0. The topological polar surface area (TPSA) is 139 Å². The molecule has 14 heteroatoms. The first-order valence-electron chi connectivity index (χ1n) is 13.5.